The van der Waals surface area contributed by atoms with Gasteiger partial charge in [0.25, 0.3) is 5.91 Å². The number of rotatable bonds is 2. The molecule has 1 rings (SSSR count). The van der Waals surface area contributed by atoms with E-state index in [-0.39, 0.29) is 24.8 Å². The highest BCUT2D eigenvalue weighted by Gasteiger charge is 2.09. The van der Waals surface area contributed by atoms with Crippen molar-refractivity contribution < 1.29 is 4.79 Å². The van der Waals surface area contributed by atoms with Gasteiger partial charge < -0.3 is 11.5 Å². The van der Waals surface area contributed by atoms with Gasteiger partial charge in [0.2, 0.25) is 5.82 Å². The van der Waals surface area contributed by atoms with Crippen molar-refractivity contribution in [3.8, 4) is 0 Å². The van der Waals surface area contributed by atoms with Crippen LogP contribution in [-0.4, -0.2) is 20.7 Å². The molecule has 7 heteroatoms. The van der Waals surface area contributed by atoms with Gasteiger partial charge in [-0.25, -0.2) is 4.98 Å². The van der Waals surface area contributed by atoms with Crippen molar-refractivity contribution >= 4 is 18.3 Å². The molecule has 68 valence electrons. The first-order chi connectivity index (χ1) is 5.15. The second-order valence-corrected chi connectivity index (χ2v) is 2.04. The van der Waals surface area contributed by atoms with Crippen LogP contribution in [0.3, 0.4) is 0 Å². The second-order valence-electron chi connectivity index (χ2n) is 2.04. The van der Waals surface area contributed by atoms with Gasteiger partial charge in [-0.3, -0.25) is 9.48 Å². The molecule has 12 heavy (non-hydrogen) atoms. The minimum Gasteiger partial charge on any atom is -0.363 e. The van der Waals surface area contributed by atoms with Gasteiger partial charge in [-0.2, -0.15) is 0 Å². The average molecular weight is 192 g/mol. The van der Waals surface area contributed by atoms with Crippen LogP contribution in [0.5, 0.6) is 0 Å². The first-order valence-corrected chi connectivity index (χ1v) is 3.05. The smallest absolute Gasteiger partial charge is 0.288 e. The predicted molar refractivity (Wildman–Crippen MR) is 44.7 cm³/mol. The Balaban J connectivity index is 0.00000121. The lowest BCUT2D eigenvalue weighted by molar-refractivity contribution is 0.0990. The van der Waals surface area contributed by atoms with Crippen LogP contribution in [0.1, 0.15) is 16.4 Å². The number of primary amides is 1. The van der Waals surface area contributed by atoms with Crippen molar-refractivity contribution in [1.29, 1.82) is 0 Å². The van der Waals surface area contributed by atoms with Crippen molar-refractivity contribution in [2.24, 2.45) is 18.5 Å². The maximum Gasteiger partial charge on any atom is 0.288 e. The van der Waals surface area contributed by atoms with Crippen LogP contribution < -0.4 is 11.5 Å². The number of nitrogens with two attached hydrogens (primary N) is 2. The fraction of sp³-hybridized carbons (Fsp3) is 0.400. The maximum atomic E-state index is 10.5. The monoisotopic (exact) mass is 191 g/mol. The number of carbonyl (C=O) groups excluding carboxylic acids is 1. The Kier molecular flexibility index (Phi) is 3.65. The molecule has 1 heterocycles. The summed E-state index contributed by atoms with van der Waals surface area (Å²) in [4.78, 5) is 14.3. The summed E-state index contributed by atoms with van der Waals surface area (Å²) in [6.07, 6.45) is 0. The standard InChI is InChI=1S/C5H9N5O.ClH/c1-10-3(2-6)8-5(9-10)4(7)11;/h2,6H2,1H3,(H2,7,11);1H. The first kappa shape index (κ1) is 10.9. The van der Waals surface area contributed by atoms with Crippen molar-refractivity contribution in [1.82, 2.24) is 14.8 Å². The van der Waals surface area contributed by atoms with Gasteiger partial charge >= 0.3 is 0 Å². The van der Waals surface area contributed by atoms with Crippen molar-refractivity contribution in [3.63, 3.8) is 0 Å². The minimum atomic E-state index is -0.639. The molecule has 0 spiro atoms. The lowest BCUT2D eigenvalue weighted by Crippen LogP contribution is -2.13. The number of amides is 1. The van der Waals surface area contributed by atoms with Gasteiger partial charge in [0, 0.05) is 7.05 Å². The minimum absolute atomic E-state index is 0. The molecule has 0 radical (unpaired) electrons. The Morgan fingerprint density at radius 3 is 2.50 bits per heavy atom. The van der Waals surface area contributed by atoms with E-state index in [1.807, 2.05) is 0 Å². The second kappa shape index (κ2) is 4.03. The molecule has 0 aliphatic rings. The normalized spacial score (nSPS) is 9.17. The quantitative estimate of drug-likeness (QED) is 0.613. The van der Waals surface area contributed by atoms with Gasteiger partial charge in [-0.1, -0.05) is 0 Å². The van der Waals surface area contributed by atoms with E-state index in [1.54, 1.807) is 7.05 Å². The van der Waals surface area contributed by atoms with Crippen LogP contribution in [0.2, 0.25) is 0 Å². The SMILES string of the molecule is Cl.Cn1nc(C(N)=O)nc1CN. The van der Waals surface area contributed by atoms with E-state index in [0.717, 1.165) is 0 Å². The number of nitrogens with zero attached hydrogens (tertiary/aromatic N) is 3. The van der Waals surface area contributed by atoms with Crippen LogP contribution in [0, 0.1) is 0 Å². The van der Waals surface area contributed by atoms with E-state index in [0.29, 0.717) is 5.82 Å². The summed E-state index contributed by atoms with van der Waals surface area (Å²) in [6, 6.07) is 0. The fourth-order valence-corrected chi connectivity index (χ4v) is 0.699. The molecule has 0 atom stereocenters. The number of aryl methyl sites for hydroxylation is 1. The van der Waals surface area contributed by atoms with Crippen LogP contribution in [0.4, 0.5) is 0 Å². The highest BCUT2D eigenvalue weighted by molar-refractivity contribution is 5.88. The predicted octanol–water partition coefficient (Wildman–Crippen LogP) is -1.21. The summed E-state index contributed by atoms with van der Waals surface area (Å²) in [5.41, 5.74) is 10.2. The fourth-order valence-electron chi connectivity index (χ4n) is 0.699. The van der Waals surface area contributed by atoms with E-state index < -0.39 is 5.91 Å². The molecule has 0 fully saturated rings. The van der Waals surface area contributed by atoms with E-state index in [9.17, 15) is 4.79 Å². The molecule has 1 aromatic heterocycles. The summed E-state index contributed by atoms with van der Waals surface area (Å²) in [5, 5.41) is 3.73. The maximum absolute atomic E-state index is 10.5. The molecule has 0 saturated carbocycles. The topological polar surface area (TPSA) is 99.8 Å². The zero-order valence-corrected chi connectivity index (χ0v) is 7.34. The first-order valence-electron chi connectivity index (χ1n) is 3.05. The molecule has 0 aliphatic carbocycles. The zero-order chi connectivity index (χ0) is 8.43. The largest absolute Gasteiger partial charge is 0.363 e. The number of hydrogen-bond donors (Lipinski definition) is 2. The number of aromatic nitrogens is 3. The van der Waals surface area contributed by atoms with Crippen molar-refractivity contribution in [2.75, 3.05) is 0 Å². The Morgan fingerprint density at radius 2 is 2.25 bits per heavy atom. The highest BCUT2D eigenvalue weighted by Crippen LogP contribution is 1.93. The third-order valence-electron chi connectivity index (χ3n) is 1.26. The van der Waals surface area contributed by atoms with Gasteiger partial charge in [-0.05, 0) is 0 Å². The van der Waals surface area contributed by atoms with Gasteiger partial charge in [0.15, 0.2) is 0 Å². The van der Waals surface area contributed by atoms with Crippen LogP contribution in [0.15, 0.2) is 0 Å². The molecule has 1 aromatic rings. The number of carbonyl (C=O) groups is 1. The molecule has 6 nitrogen and oxygen atoms in total. The van der Waals surface area contributed by atoms with Gasteiger partial charge in [0.1, 0.15) is 5.82 Å². The number of halogens is 1. The third kappa shape index (κ3) is 1.93. The van der Waals surface area contributed by atoms with E-state index in [2.05, 4.69) is 10.1 Å². The Morgan fingerprint density at radius 1 is 1.67 bits per heavy atom. The summed E-state index contributed by atoms with van der Waals surface area (Å²) in [7, 11) is 1.65. The average Bonchev–Trinajstić information content (AvgIpc) is 2.31. The van der Waals surface area contributed by atoms with Crippen molar-refractivity contribution in [2.45, 2.75) is 6.54 Å². The molecule has 1 amide bonds. The highest BCUT2D eigenvalue weighted by atomic mass is 35.5. The Bertz CT molecular complexity index is 283. The van der Waals surface area contributed by atoms with E-state index in [1.165, 1.54) is 4.68 Å². The molecule has 0 saturated heterocycles. The summed E-state index contributed by atoms with van der Waals surface area (Å²) in [5.74, 6) is -0.0907. The van der Waals surface area contributed by atoms with Gasteiger partial charge in [0.05, 0.1) is 6.54 Å². The molecule has 0 bridgehead atoms. The van der Waals surface area contributed by atoms with Crippen LogP contribution in [0.25, 0.3) is 0 Å². The molecule has 0 aromatic carbocycles. The summed E-state index contributed by atoms with van der Waals surface area (Å²) in [6.45, 7) is 0.247. The van der Waals surface area contributed by atoms with E-state index in [4.69, 9.17) is 11.5 Å². The molecule has 0 aliphatic heterocycles. The molecule has 0 unspecified atom stereocenters. The lowest BCUT2D eigenvalue weighted by atomic mass is 10.6. The Hall–Kier alpha value is -1.14. The van der Waals surface area contributed by atoms with Crippen LogP contribution in [-0.2, 0) is 13.6 Å². The van der Waals surface area contributed by atoms with Gasteiger partial charge in [-0.15, -0.1) is 17.5 Å². The zero-order valence-electron chi connectivity index (χ0n) is 6.52. The molecular formula is C5H10ClN5O. The molecule has 4 N–H and O–H groups in total. The summed E-state index contributed by atoms with van der Waals surface area (Å²) < 4.78 is 1.43. The van der Waals surface area contributed by atoms with Crippen LogP contribution >= 0.6 is 12.4 Å². The lowest BCUT2D eigenvalue weighted by Gasteiger charge is -1.90. The van der Waals surface area contributed by atoms with E-state index >= 15 is 0 Å². The third-order valence-corrected chi connectivity index (χ3v) is 1.26. The Labute approximate surface area is 75.3 Å². The number of hydrogen-bond acceptors (Lipinski definition) is 4. The van der Waals surface area contributed by atoms with Crippen molar-refractivity contribution in [3.05, 3.63) is 11.6 Å². The summed E-state index contributed by atoms with van der Waals surface area (Å²) >= 11 is 0. The molecular weight excluding hydrogens is 182 g/mol.